The quantitative estimate of drug-likeness (QED) is 0.674. The molecule has 1 saturated heterocycles. The van der Waals surface area contributed by atoms with Gasteiger partial charge in [-0.3, -0.25) is 9.59 Å². The number of amides is 2. The number of hydrogen-bond acceptors (Lipinski definition) is 4. The molecule has 0 saturated carbocycles. The lowest BCUT2D eigenvalue weighted by Gasteiger charge is -2.33. The van der Waals surface area contributed by atoms with Crippen LogP contribution < -0.4 is 0 Å². The highest BCUT2D eigenvalue weighted by molar-refractivity contribution is 7.09. The lowest BCUT2D eigenvalue weighted by atomic mass is 9.89. The third kappa shape index (κ3) is 4.26. The number of H-pyrrole nitrogens is 1. The highest BCUT2D eigenvalue weighted by Crippen LogP contribution is 2.31. The van der Waals surface area contributed by atoms with Crippen LogP contribution in [-0.2, 0) is 11.2 Å². The molecule has 0 radical (unpaired) electrons. The largest absolute Gasteiger partial charge is 0.351 e. The molecule has 1 aliphatic heterocycles. The van der Waals surface area contributed by atoms with Gasteiger partial charge < -0.3 is 14.8 Å². The number of nitrogens with zero attached hydrogens (tertiary/aromatic N) is 3. The van der Waals surface area contributed by atoms with Gasteiger partial charge in [0.05, 0.1) is 5.01 Å². The Morgan fingerprint density at radius 2 is 2.13 bits per heavy atom. The molecule has 7 heteroatoms. The molecule has 3 aromatic rings. The Morgan fingerprint density at radius 1 is 1.30 bits per heavy atom. The smallest absolute Gasteiger partial charge is 0.269 e. The van der Waals surface area contributed by atoms with Crippen molar-refractivity contribution < 1.29 is 9.59 Å². The first kappa shape index (κ1) is 20.6. The molecule has 1 fully saturated rings. The second-order valence-corrected chi connectivity index (χ2v) is 9.27. The van der Waals surface area contributed by atoms with Gasteiger partial charge in [-0.25, -0.2) is 4.98 Å². The van der Waals surface area contributed by atoms with Gasteiger partial charge in [-0.15, -0.1) is 11.3 Å². The van der Waals surface area contributed by atoms with Gasteiger partial charge in [0.2, 0.25) is 5.91 Å². The summed E-state index contributed by atoms with van der Waals surface area (Å²) in [6, 6.07) is 6.31. The van der Waals surface area contributed by atoms with Crippen LogP contribution in [0.3, 0.4) is 0 Å². The molecule has 1 unspecified atom stereocenters. The number of carbonyl (C=O) groups is 2. The number of nitrogens with one attached hydrogen (secondary N) is 1. The Balaban J connectivity index is 1.49. The number of rotatable bonds is 5. The summed E-state index contributed by atoms with van der Waals surface area (Å²) in [5, 5.41) is 4.05. The molecule has 1 aliphatic rings. The Labute approximate surface area is 180 Å². The van der Waals surface area contributed by atoms with E-state index in [4.69, 9.17) is 0 Å². The van der Waals surface area contributed by atoms with E-state index in [0.29, 0.717) is 24.5 Å². The fraction of sp³-hybridized carbons (Fsp3) is 0.435. The minimum absolute atomic E-state index is 0.0261. The minimum atomic E-state index is -0.0261. The molecule has 0 spiro atoms. The van der Waals surface area contributed by atoms with Gasteiger partial charge in [-0.05, 0) is 43.0 Å². The number of benzene rings is 1. The second-order valence-electron chi connectivity index (χ2n) is 8.29. The summed E-state index contributed by atoms with van der Waals surface area (Å²) in [7, 11) is 3.52. The topological polar surface area (TPSA) is 69.3 Å². The summed E-state index contributed by atoms with van der Waals surface area (Å²) in [6.45, 7) is 3.67. The van der Waals surface area contributed by atoms with Crippen molar-refractivity contribution in [1.82, 2.24) is 19.8 Å². The van der Waals surface area contributed by atoms with Crippen LogP contribution in [0.1, 0.15) is 51.8 Å². The number of hydrogen-bond donors (Lipinski definition) is 1. The van der Waals surface area contributed by atoms with Gasteiger partial charge in [0.1, 0.15) is 5.69 Å². The molecule has 1 aromatic carbocycles. The van der Waals surface area contributed by atoms with Crippen LogP contribution in [0.5, 0.6) is 0 Å². The lowest BCUT2D eigenvalue weighted by Crippen LogP contribution is -2.39. The highest BCUT2D eigenvalue weighted by Gasteiger charge is 2.25. The van der Waals surface area contributed by atoms with Gasteiger partial charge >= 0.3 is 0 Å². The maximum atomic E-state index is 12.7. The Morgan fingerprint density at radius 3 is 2.87 bits per heavy atom. The van der Waals surface area contributed by atoms with E-state index in [1.807, 2.05) is 16.3 Å². The fourth-order valence-corrected chi connectivity index (χ4v) is 4.88. The molecule has 1 atom stereocenters. The van der Waals surface area contributed by atoms with Gasteiger partial charge in [-0.1, -0.05) is 6.07 Å². The van der Waals surface area contributed by atoms with E-state index in [2.05, 4.69) is 29.0 Å². The molecule has 30 heavy (non-hydrogen) atoms. The first-order chi connectivity index (χ1) is 14.4. The monoisotopic (exact) mass is 424 g/mol. The average Bonchev–Trinajstić information content (AvgIpc) is 3.41. The molecular weight excluding hydrogens is 396 g/mol. The standard InChI is InChI=1S/C23H28N4O2S/c1-15-11-17(12-19-18(15)13-20(25-19)23(29)26(2)3)16-5-4-9-27(14-16)22(28)7-6-21-24-8-10-30-21/h8,10-13,16,25H,4-7,9,14H2,1-3H3. The normalized spacial score (nSPS) is 16.8. The average molecular weight is 425 g/mol. The summed E-state index contributed by atoms with van der Waals surface area (Å²) in [4.78, 5) is 36.2. The van der Waals surface area contributed by atoms with E-state index in [1.54, 1.807) is 36.5 Å². The Bertz CT molecular complexity index is 1050. The number of thiazole rings is 1. The molecule has 6 nitrogen and oxygen atoms in total. The molecular formula is C23H28N4O2S. The summed E-state index contributed by atoms with van der Waals surface area (Å²) in [6.07, 6.45) is 5.11. The van der Waals surface area contributed by atoms with Gasteiger partial charge in [-0.2, -0.15) is 0 Å². The number of aromatic amines is 1. The molecule has 1 N–H and O–H groups in total. The van der Waals surface area contributed by atoms with Crippen LogP contribution in [0.4, 0.5) is 0 Å². The van der Waals surface area contributed by atoms with E-state index in [-0.39, 0.29) is 11.8 Å². The van der Waals surface area contributed by atoms with Crippen LogP contribution in [0, 0.1) is 6.92 Å². The number of likely N-dealkylation sites (tertiary alicyclic amines) is 1. The Kier molecular flexibility index (Phi) is 5.90. The maximum Gasteiger partial charge on any atom is 0.269 e. The van der Waals surface area contributed by atoms with Crippen LogP contribution >= 0.6 is 11.3 Å². The van der Waals surface area contributed by atoms with Gasteiger partial charge in [0, 0.05) is 68.4 Å². The van der Waals surface area contributed by atoms with Crippen LogP contribution in [0.2, 0.25) is 0 Å². The van der Waals surface area contributed by atoms with Crippen molar-refractivity contribution in [3.63, 3.8) is 0 Å². The van der Waals surface area contributed by atoms with Crippen molar-refractivity contribution in [2.45, 2.75) is 38.5 Å². The van der Waals surface area contributed by atoms with Crippen molar-refractivity contribution in [3.8, 4) is 0 Å². The number of aromatic nitrogens is 2. The first-order valence-electron chi connectivity index (χ1n) is 10.4. The number of aryl methyl sites for hydroxylation is 2. The van der Waals surface area contributed by atoms with E-state index in [0.717, 1.165) is 47.4 Å². The van der Waals surface area contributed by atoms with E-state index in [1.165, 1.54) is 5.56 Å². The van der Waals surface area contributed by atoms with Gasteiger partial charge in [0.15, 0.2) is 0 Å². The second kappa shape index (κ2) is 8.60. The molecule has 2 aromatic heterocycles. The number of piperidine rings is 1. The van der Waals surface area contributed by atoms with Crippen LogP contribution in [0.15, 0.2) is 29.8 Å². The number of fused-ring (bicyclic) bond motifs is 1. The van der Waals surface area contributed by atoms with Gasteiger partial charge in [0.25, 0.3) is 5.91 Å². The Hall–Kier alpha value is -2.67. The summed E-state index contributed by atoms with van der Waals surface area (Å²) >= 11 is 1.61. The third-order valence-corrected chi connectivity index (χ3v) is 6.72. The molecule has 4 rings (SSSR count). The van der Waals surface area contributed by atoms with Crippen molar-refractivity contribution in [3.05, 3.63) is 51.6 Å². The van der Waals surface area contributed by atoms with Crippen molar-refractivity contribution in [2.24, 2.45) is 0 Å². The molecule has 158 valence electrons. The highest BCUT2D eigenvalue weighted by atomic mass is 32.1. The lowest BCUT2D eigenvalue weighted by molar-refractivity contribution is -0.132. The predicted molar refractivity (Wildman–Crippen MR) is 120 cm³/mol. The zero-order valence-electron chi connectivity index (χ0n) is 17.8. The summed E-state index contributed by atoms with van der Waals surface area (Å²) in [5.74, 6) is 0.509. The summed E-state index contributed by atoms with van der Waals surface area (Å²) in [5.41, 5.74) is 3.99. The molecule has 0 bridgehead atoms. The maximum absolute atomic E-state index is 12.7. The zero-order valence-corrected chi connectivity index (χ0v) is 18.6. The van der Waals surface area contributed by atoms with Crippen molar-refractivity contribution in [2.75, 3.05) is 27.2 Å². The van der Waals surface area contributed by atoms with E-state index in [9.17, 15) is 9.59 Å². The summed E-state index contributed by atoms with van der Waals surface area (Å²) < 4.78 is 0. The minimum Gasteiger partial charge on any atom is -0.351 e. The number of carbonyl (C=O) groups excluding carboxylic acids is 2. The third-order valence-electron chi connectivity index (χ3n) is 5.89. The zero-order chi connectivity index (χ0) is 21.3. The fourth-order valence-electron chi connectivity index (χ4n) is 4.26. The van der Waals surface area contributed by atoms with Crippen LogP contribution in [-0.4, -0.2) is 58.8 Å². The van der Waals surface area contributed by atoms with E-state index >= 15 is 0 Å². The first-order valence-corrected chi connectivity index (χ1v) is 11.3. The van der Waals surface area contributed by atoms with Crippen molar-refractivity contribution >= 4 is 34.1 Å². The van der Waals surface area contributed by atoms with Crippen molar-refractivity contribution in [1.29, 1.82) is 0 Å². The molecule has 3 heterocycles. The predicted octanol–water partition coefficient (Wildman–Crippen LogP) is 3.97. The van der Waals surface area contributed by atoms with E-state index < -0.39 is 0 Å². The SMILES string of the molecule is Cc1cc(C2CCCN(C(=O)CCc3nccs3)C2)cc2[nH]c(C(=O)N(C)C)cc12. The molecule has 0 aliphatic carbocycles. The molecule has 2 amide bonds. The van der Waals surface area contributed by atoms with Crippen LogP contribution in [0.25, 0.3) is 10.9 Å².